The lowest BCUT2D eigenvalue weighted by Gasteiger charge is -2.06. The molecule has 1 aliphatic carbocycles. The van der Waals surface area contributed by atoms with Gasteiger partial charge in [-0.15, -0.1) is 0 Å². The highest BCUT2D eigenvalue weighted by Gasteiger charge is 2.63. The lowest BCUT2D eigenvalue weighted by atomic mass is 10.0. The fourth-order valence-electron chi connectivity index (χ4n) is 3.27. The number of hydrogen-bond donors (Lipinski definition) is 1. The van der Waals surface area contributed by atoms with E-state index >= 15 is 0 Å². The normalized spacial score (nSPS) is 20.2. The molecule has 0 radical (unpaired) electrons. The minimum atomic E-state index is 0.440. The fourth-order valence-corrected chi connectivity index (χ4v) is 3.27. The van der Waals surface area contributed by atoms with Crippen molar-refractivity contribution in [1.29, 1.82) is 0 Å². The van der Waals surface area contributed by atoms with Crippen LogP contribution in [0.15, 0.2) is 30.5 Å². The summed E-state index contributed by atoms with van der Waals surface area (Å²) in [6, 6.07) is 8.00. The van der Waals surface area contributed by atoms with Crippen LogP contribution in [0.4, 0.5) is 0 Å². The van der Waals surface area contributed by atoms with Crippen molar-refractivity contribution < 1.29 is 0 Å². The predicted octanol–water partition coefficient (Wildman–Crippen LogP) is 3.40. The van der Waals surface area contributed by atoms with Gasteiger partial charge in [-0.1, -0.05) is 39.8 Å². The Morgan fingerprint density at radius 2 is 1.70 bits per heavy atom. The number of nitrogens with zero attached hydrogens (tertiary/aromatic N) is 2. The lowest BCUT2D eigenvalue weighted by Crippen LogP contribution is -2.19. The van der Waals surface area contributed by atoms with Crippen LogP contribution >= 0.6 is 0 Å². The van der Waals surface area contributed by atoms with E-state index in [9.17, 15) is 0 Å². The zero-order chi connectivity index (χ0) is 14.4. The molecule has 3 rings (SSSR count). The minimum Gasteiger partial charge on any atom is -0.311 e. The highest BCUT2D eigenvalue weighted by molar-refractivity contribution is 5.73. The Kier molecular flexibility index (Phi) is 3.05. The Hall–Kier alpha value is -1.48. The molecule has 1 aromatic heterocycles. The Morgan fingerprint density at radius 3 is 2.35 bits per heavy atom. The third-order valence-electron chi connectivity index (χ3n) is 5.47. The molecule has 1 fully saturated rings. The molecule has 0 bridgehead atoms. The molecular formula is C17H23N3. The van der Waals surface area contributed by atoms with E-state index in [4.69, 9.17) is 0 Å². The SMILES string of the molecule is CC1(C)C(CNCc2cnc3ccccc3n2)C1(C)C. The number of rotatable bonds is 4. The molecule has 1 N–H and O–H groups in total. The molecule has 20 heavy (non-hydrogen) atoms. The summed E-state index contributed by atoms with van der Waals surface area (Å²) in [5.41, 5.74) is 3.82. The van der Waals surface area contributed by atoms with Gasteiger partial charge in [-0.3, -0.25) is 4.98 Å². The van der Waals surface area contributed by atoms with Crippen LogP contribution in [0.2, 0.25) is 0 Å². The third kappa shape index (κ3) is 2.10. The fraction of sp³-hybridized carbons (Fsp3) is 0.529. The van der Waals surface area contributed by atoms with Crippen molar-refractivity contribution in [2.45, 2.75) is 34.2 Å². The maximum Gasteiger partial charge on any atom is 0.0890 e. The smallest absolute Gasteiger partial charge is 0.0890 e. The van der Waals surface area contributed by atoms with E-state index in [-0.39, 0.29) is 0 Å². The summed E-state index contributed by atoms with van der Waals surface area (Å²) >= 11 is 0. The van der Waals surface area contributed by atoms with Gasteiger partial charge in [0.15, 0.2) is 0 Å². The molecule has 1 heterocycles. The molecule has 1 saturated carbocycles. The van der Waals surface area contributed by atoms with Crippen molar-refractivity contribution in [3.63, 3.8) is 0 Å². The van der Waals surface area contributed by atoms with Gasteiger partial charge >= 0.3 is 0 Å². The van der Waals surface area contributed by atoms with Crippen molar-refractivity contribution in [3.05, 3.63) is 36.2 Å². The monoisotopic (exact) mass is 269 g/mol. The molecule has 0 spiro atoms. The minimum absolute atomic E-state index is 0.440. The first-order valence-corrected chi connectivity index (χ1v) is 7.34. The molecule has 0 saturated heterocycles. The van der Waals surface area contributed by atoms with E-state index in [0.29, 0.717) is 10.8 Å². The molecule has 3 heteroatoms. The van der Waals surface area contributed by atoms with E-state index < -0.39 is 0 Å². The molecule has 1 aliphatic rings. The van der Waals surface area contributed by atoms with E-state index in [1.165, 1.54) is 0 Å². The summed E-state index contributed by atoms with van der Waals surface area (Å²) in [5, 5.41) is 3.54. The molecule has 0 aliphatic heterocycles. The molecule has 0 atom stereocenters. The van der Waals surface area contributed by atoms with Gasteiger partial charge in [0.2, 0.25) is 0 Å². The quantitative estimate of drug-likeness (QED) is 0.924. The summed E-state index contributed by atoms with van der Waals surface area (Å²) in [6.07, 6.45) is 1.87. The van der Waals surface area contributed by atoms with Gasteiger partial charge in [-0.2, -0.15) is 0 Å². The number of aromatic nitrogens is 2. The average molecular weight is 269 g/mol. The molecule has 2 aromatic rings. The van der Waals surface area contributed by atoms with Crippen molar-refractivity contribution in [1.82, 2.24) is 15.3 Å². The summed E-state index contributed by atoms with van der Waals surface area (Å²) in [5.74, 6) is 0.739. The van der Waals surface area contributed by atoms with Crippen molar-refractivity contribution >= 4 is 11.0 Å². The van der Waals surface area contributed by atoms with Gasteiger partial charge in [-0.05, 0) is 35.4 Å². The summed E-state index contributed by atoms with van der Waals surface area (Å²) in [6.45, 7) is 11.3. The van der Waals surface area contributed by atoms with E-state index in [1.807, 2.05) is 30.5 Å². The van der Waals surface area contributed by atoms with Gasteiger partial charge in [0.05, 0.1) is 22.9 Å². The molecule has 3 nitrogen and oxygen atoms in total. The van der Waals surface area contributed by atoms with Crippen molar-refractivity contribution in [3.8, 4) is 0 Å². The van der Waals surface area contributed by atoms with Crippen LogP contribution in [0.25, 0.3) is 11.0 Å². The van der Waals surface area contributed by atoms with Gasteiger partial charge in [0, 0.05) is 6.54 Å². The third-order valence-corrected chi connectivity index (χ3v) is 5.47. The first kappa shape index (κ1) is 13.5. The number of nitrogens with one attached hydrogen (secondary N) is 1. The Morgan fingerprint density at radius 1 is 1.05 bits per heavy atom. The summed E-state index contributed by atoms with van der Waals surface area (Å²) < 4.78 is 0. The Labute approximate surface area is 120 Å². The topological polar surface area (TPSA) is 37.8 Å². The van der Waals surface area contributed by atoms with Crippen LogP contribution in [-0.4, -0.2) is 16.5 Å². The molecule has 1 aromatic carbocycles. The first-order valence-electron chi connectivity index (χ1n) is 7.34. The van der Waals surface area contributed by atoms with Crippen LogP contribution in [0.3, 0.4) is 0 Å². The number of para-hydroxylation sites is 2. The Balaban J connectivity index is 1.61. The van der Waals surface area contributed by atoms with E-state index in [1.54, 1.807) is 0 Å². The zero-order valence-corrected chi connectivity index (χ0v) is 12.8. The van der Waals surface area contributed by atoms with Gasteiger partial charge < -0.3 is 5.32 Å². The van der Waals surface area contributed by atoms with Crippen LogP contribution in [-0.2, 0) is 6.54 Å². The van der Waals surface area contributed by atoms with Crippen LogP contribution < -0.4 is 5.32 Å². The highest BCUT2D eigenvalue weighted by atomic mass is 14.9. The van der Waals surface area contributed by atoms with Gasteiger partial charge in [0.25, 0.3) is 0 Å². The van der Waals surface area contributed by atoms with Crippen molar-refractivity contribution in [2.24, 2.45) is 16.7 Å². The summed E-state index contributed by atoms with van der Waals surface area (Å²) in [7, 11) is 0. The Bertz CT molecular complexity index is 617. The van der Waals surface area contributed by atoms with Crippen LogP contribution in [0, 0.1) is 16.7 Å². The molecule has 106 valence electrons. The standard InChI is InChI=1S/C17H23N3/c1-16(2)15(17(16,3)4)11-18-9-12-10-19-13-7-5-6-8-14(13)20-12/h5-8,10,15,18H,9,11H2,1-4H3. The number of benzene rings is 1. The largest absolute Gasteiger partial charge is 0.311 e. The van der Waals surface area contributed by atoms with Crippen LogP contribution in [0.5, 0.6) is 0 Å². The lowest BCUT2D eigenvalue weighted by molar-refractivity contribution is 0.457. The maximum atomic E-state index is 4.64. The highest BCUT2D eigenvalue weighted by Crippen LogP contribution is 2.67. The second-order valence-electron chi connectivity index (χ2n) is 6.98. The molecular weight excluding hydrogens is 246 g/mol. The van der Waals surface area contributed by atoms with Gasteiger partial charge in [0.1, 0.15) is 0 Å². The van der Waals surface area contributed by atoms with E-state index in [2.05, 4.69) is 43.0 Å². The van der Waals surface area contributed by atoms with E-state index in [0.717, 1.165) is 35.7 Å². The second-order valence-corrected chi connectivity index (χ2v) is 6.98. The summed E-state index contributed by atoms with van der Waals surface area (Å²) in [4.78, 5) is 9.09. The predicted molar refractivity (Wildman–Crippen MR) is 82.3 cm³/mol. The second kappa shape index (κ2) is 4.52. The number of hydrogen-bond acceptors (Lipinski definition) is 3. The molecule has 0 unspecified atom stereocenters. The number of fused-ring (bicyclic) bond motifs is 1. The van der Waals surface area contributed by atoms with Gasteiger partial charge in [-0.25, -0.2) is 4.98 Å². The molecule has 0 amide bonds. The first-order chi connectivity index (χ1) is 9.43. The van der Waals surface area contributed by atoms with Crippen LogP contribution in [0.1, 0.15) is 33.4 Å². The average Bonchev–Trinajstić information content (AvgIpc) is 2.81. The zero-order valence-electron chi connectivity index (χ0n) is 12.8. The van der Waals surface area contributed by atoms with Crippen molar-refractivity contribution in [2.75, 3.05) is 6.54 Å². The maximum absolute atomic E-state index is 4.64.